The van der Waals surface area contributed by atoms with Gasteiger partial charge in [-0.3, -0.25) is 0 Å². The molecule has 3 N–H and O–H groups in total. The van der Waals surface area contributed by atoms with E-state index in [-0.39, 0.29) is 0 Å². The maximum absolute atomic E-state index is 11.3. The Morgan fingerprint density at radius 2 is 2.12 bits per heavy atom. The van der Waals surface area contributed by atoms with Gasteiger partial charge in [0.2, 0.25) is 0 Å². The fourth-order valence-electron chi connectivity index (χ4n) is 1.01. The topological polar surface area (TPSA) is 78.4 Å². The molecule has 0 saturated heterocycles. The monoisotopic (exact) mass is 248 g/mol. The van der Waals surface area contributed by atoms with Gasteiger partial charge in [-0.15, -0.1) is 0 Å². The van der Waals surface area contributed by atoms with Crippen molar-refractivity contribution in [2.45, 2.75) is 32.7 Å². The van der Waals surface area contributed by atoms with Crippen LogP contribution in [0.25, 0.3) is 0 Å². The maximum Gasteiger partial charge on any atom is 0.326 e. The van der Waals surface area contributed by atoms with Crippen molar-refractivity contribution in [2.75, 3.05) is 6.54 Å². The van der Waals surface area contributed by atoms with E-state index in [1.165, 1.54) is 5.54 Å². The number of urea groups is 1. The van der Waals surface area contributed by atoms with E-state index >= 15 is 0 Å². The van der Waals surface area contributed by atoms with Gasteiger partial charge in [-0.1, -0.05) is 24.9 Å². The normalized spacial score (nSPS) is 13.1. The minimum atomic E-state index is -1.03. The molecule has 0 aliphatic rings. The van der Waals surface area contributed by atoms with Gasteiger partial charge in [0.15, 0.2) is 0 Å². The Kier molecular flexibility index (Phi) is 7.37. The third kappa shape index (κ3) is 6.29. The first-order valence-electron chi connectivity index (χ1n) is 5.04. The largest absolute Gasteiger partial charge is 0.480 e. The van der Waals surface area contributed by atoms with Crippen LogP contribution in [-0.4, -0.2) is 29.7 Å². The lowest BCUT2D eigenvalue weighted by Crippen LogP contribution is -2.46. The molecule has 0 fully saturated rings. The molecule has 0 spiro atoms. The number of carboxylic acids is 1. The number of nitrogens with one attached hydrogen (secondary N) is 2. The number of carbonyl (C=O) groups is 2. The minimum absolute atomic E-state index is 0.299. The van der Waals surface area contributed by atoms with Crippen LogP contribution in [0.5, 0.6) is 0 Å². The molecule has 0 aliphatic carbocycles. The second-order valence-corrected chi connectivity index (χ2v) is 3.68. The molecule has 0 aliphatic heterocycles. The fraction of sp³-hybridized carbons (Fsp3) is 0.600. The first-order valence-corrected chi connectivity index (χ1v) is 5.47. The van der Waals surface area contributed by atoms with Gasteiger partial charge in [0.05, 0.1) is 0 Å². The number of amides is 2. The third-order valence-corrected chi connectivity index (χ3v) is 2.27. The van der Waals surface area contributed by atoms with Crippen LogP contribution in [0, 0.1) is 0 Å². The highest BCUT2D eigenvalue weighted by molar-refractivity contribution is 6.25. The highest BCUT2D eigenvalue weighted by atomic mass is 35.5. The molecule has 0 aromatic heterocycles. The van der Waals surface area contributed by atoms with E-state index in [9.17, 15) is 9.59 Å². The fourth-order valence-corrected chi connectivity index (χ4v) is 1.09. The van der Waals surface area contributed by atoms with Gasteiger partial charge in [0, 0.05) is 12.1 Å². The number of hydrogen-bond donors (Lipinski definition) is 3. The van der Waals surface area contributed by atoms with Crippen LogP contribution in [0.1, 0.15) is 26.7 Å². The zero-order valence-electron chi connectivity index (χ0n) is 9.42. The molecule has 0 rings (SSSR count). The summed E-state index contributed by atoms with van der Waals surface area (Å²) in [5.74, 6) is -1.03. The van der Waals surface area contributed by atoms with Gasteiger partial charge in [-0.05, 0) is 18.9 Å². The predicted octanol–water partition coefficient (Wildman–Crippen LogP) is 1.68. The van der Waals surface area contributed by atoms with Crippen molar-refractivity contribution in [3.05, 3.63) is 11.1 Å². The van der Waals surface area contributed by atoms with Crippen molar-refractivity contribution in [3.8, 4) is 0 Å². The van der Waals surface area contributed by atoms with Gasteiger partial charge >= 0.3 is 12.0 Å². The summed E-state index contributed by atoms with van der Waals surface area (Å²) in [5, 5.41) is 13.7. The van der Waals surface area contributed by atoms with E-state index in [4.69, 9.17) is 16.7 Å². The number of aliphatic carboxylic acids is 1. The SMILES string of the molecule is CCCC(NC(=O)NCC(C)=CCl)C(=O)O. The van der Waals surface area contributed by atoms with Crippen molar-refractivity contribution in [1.82, 2.24) is 10.6 Å². The number of hydrogen-bond acceptors (Lipinski definition) is 2. The van der Waals surface area contributed by atoms with E-state index in [0.717, 1.165) is 5.57 Å². The molecule has 1 unspecified atom stereocenters. The van der Waals surface area contributed by atoms with Crippen LogP contribution in [0.4, 0.5) is 4.79 Å². The Morgan fingerprint density at radius 1 is 1.50 bits per heavy atom. The van der Waals surface area contributed by atoms with E-state index in [0.29, 0.717) is 19.4 Å². The highest BCUT2D eigenvalue weighted by Crippen LogP contribution is 1.97. The molecule has 5 nitrogen and oxygen atoms in total. The Balaban J connectivity index is 4.05. The molecule has 0 saturated carbocycles. The molecule has 0 radical (unpaired) electrons. The molecule has 0 heterocycles. The Hall–Kier alpha value is -1.23. The van der Waals surface area contributed by atoms with Gasteiger partial charge in [-0.25, -0.2) is 9.59 Å². The number of carbonyl (C=O) groups excluding carboxylic acids is 1. The summed E-state index contributed by atoms with van der Waals surface area (Å²) in [7, 11) is 0. The summed E-state index contributed by atoms with van der Waals surface area (Å²) in [6.45, 7) is 3.91. The van der Waals surface area contributed by atoms with E-state index in [1.54, 1.807) is 6.92 Å². The number of halogens is 1. The van der Waals surface area contributed by atoms with Gasteiger partial charge in [0.25, 0.3) is 0 Å². The second-order valence-electron chi connectivity index (χ2n) is 3.46. The van der Waals surface area contributed by atoms with Gasteiger partial charge in [-0.2, -0.15) is 0 Å². The van der Waals surface area contributed by atoms with Crippen molar-refractivity contribution in [2.24, 2.45) is 0 Å². The molecule has 0 bridgehead atoms. The van der Waals surface area contributed by atoms with Crippen molar-refractivity contribution >= 4 is 23.6 Å². The summed E-state index contributed by atoms with van der Waals surface area (Å²) in [5.41, 5.74) is 2.15. The van der Waals surface area contributed by atoms with Crippen LogP contribution < -0.4 is 10.6 Å². The molecular weight excluding hydrogens is 232 g/mol. The zero-order valence-corrected chi connectivity index (χ0v) is 10.2. The predicted molar refractivity (Wildman–Crippen MR) is 62.5 cm³/mol. The Bertz CT molecular complexity index is 279. The molecule has 6 heteroatoms. The van der Waals surface area contributed by atoms with Crippen LogP contribution in [-0.2, 0) is 4.79 Å². The highest BCUT2D eigenvalue weighted by Gasteiger charge is 2.18. The molecule has 0 aromatic rings. The molecule has 0 aromatic carbocycles. The average molecular weight is 249 g/mol. The first kappa shape index (κ1) is 14.8. The van der Waals surface area contributed by atoms with E-state index < -0.39 is 18.0 Å². The van der Waals surface area contributed by atoms with Crippen molar-refractivity contribution in [1.29, 1.82) is 0 Å². The van der Waals surface area contributed by atoms with Gasteiger partial charge < -0.3 is 15.7 Å². The summed E-state index contributed by atoms with van der Waals surface area (Å²) in [6.07, 6.45) is 1.10. The third-order valence-electron chi connectivity index (χ3n) is 1.89. The van der Waals surface area contributed by atoms with Crippen LogP contribution in [0.15, 0.2) is 11.1 Å². The lowest BCUT2D eigenvalue weighted by Gasteiger charge is -2.14. The summed E-state index contributed by atoms with van der Waals surface area (Å²) in [4.78, 5) is 22.0. The second kappa shape index (κ2) is 7.98. The minimum Gasteiger partial charge on any atom is -0.480 e. The summed E-state index contributed by atoms with van der Waals surface area (Å²) >= 11 is 5.41. The molecule has 92 valence electrons. The van der Waals surface area contributed by atoms with E-state index in [2.05, 4.69) is 10.6 Å². The van der Waals surface area contributed by atoms with Crippen LogP contribution in [0.3, 0.4) is 0 Å². The quantitative estimate of drug-likeness (QED) is 0.669. The molecule has 16 heavy (non-hydrogen) atoms. The first-order chi connectivity index (χ1) is 7.51. The van der Waals surface area contributed by atoms with Gasteiger partial charge in [0.1, 0.15) is 6.04 Å². The number of rotatable bonds is 6. The molecule has 1 atom stereocenters. The Labute approximate surface area is 99.9 Å². The van der Waals surface area contributed by atoms with E-state index in [1.807, 2.05) is 6.92 Å². The molecular formula is C10H17ClN2O3. The lowest BCUT2D eigenvalue weighted by atomic mass is 10.2. The van der Waals surface area contributed by atoms with Crippen molar-refractivity contribution in [3.63, 3.8) is 0 Å². The van der Waals surface area contributed by atoms with Crippen molar-refractivity contribution < 1.29 is 14.7 Å². The van der Waals surface area contributed by atoms with Crippen LogP contribution >= 0.6 is 11.6 Å². The lowest BCUT2D eigenvalue weighted by molar-refractivity contribution is -0.139. The smallest absolute Gasteiger partial charge is 0.326 e. The zero-order chi connectivity index (χ0) is 12.6. The molecule has 2 amide bonds. The summed E-state index contributed by atoms with van der Waals surface area (Å²) in [6, 6.07) is -1.34. The standard InChI is InChI=1S/C10H17ClN2O3/c1-3-4-8(9(14)15)13-10(16)12-6-7(2)5-11/h5,8H,3-4,6H2,1-2H3,(H,14,15)(H2,12,13,16). The number of carboxylic acid groups (broad SMARTS) is 1. The maximum atomic E-state index is 11.3. The summed E-state index contributed by atoms with van der Waals surface area (Å²) < 4.78 is 0. The van der Waals surface area contributed by atoms with Crippen LogP contribution in [0.2, 0.25) is 0 Å². The average Bonchev–Trinajstić information content (AvgIpc) is 2.25. The Morgan fingerprint density at radius 3 is 2.56 bits per heavy atom.